The van der Waals surface area contributed by atoms with Gasteiger partial charge in [-0.05, 0) is 38.0 Å². The summed E-state index contributed by atoms with van der Waals surface area (Å²) in [6.45, 7) is 5.10. The van der Waals surface area contributed by atoms with Gasteiger partial charge in [-0.2, -0.15) is 0 Å². The Hall–Kier alpha value is -1.59. The maximum atomic E-state index is 12.4. The largest absolute Gasteiger partial charge is 0.508 e. The van der Waals surface area contributed by atoms with Crippen LogP contribution in [0.2, 0.25) is 0 Å². The van der Waals surface area contributed by atoms with Crippen LogP contribution in [0, 0.1) is 0 Å². The molecule has 0 saturated carbocycles. The van der Waals surface area contributed by atoms with Crippen LogP contribution >= 0.6 is 0 Å². The molecule has 1 aliphatic rings. The molecule has 1 aromatic carbocycles. The third-order valence-corrected chi connectivity index (χ3v) is 3.44. The predicted molar refractivity (Wildman–Crippen MR) is 76.4 cm³/mol. The zero-order chi connectivity index (χ0) is 14.7. The van der Waals surface area contributed by atoms with E-state index in [4.69, 9.17) is 10.5 Å². The molecule has 1 aliphatic heterocycles. The van der Waals surface area contributed by atoms with E-state index in [1.807, 2.05) is 13.8 Å². The van der Waals surface area contributed by atoms with Gasteiger partial charge in [-0.25, -0.2) is 0 Å². The normalized spacial score (nSPS) is 24.4. The van der Waals surface area contributed by atoms with Crippen molar-refractivity contribution in [2.75, 3.05) is 13.1 Å². The van der Waals surface area contributed by atoms with Crippen LogP contribution in [0.15, 0.2) is 24.3 Å². The standard InChI is InChI=1S/C15H22N2O3/c1-10-8-17(9-11(2)20-10)15(19)14(16)7-12-3-5-13(18)6-4-12/h3-6,10-11,14,18H,7-9,16H2,1-2H3. The second-order valence-corrected chi connectivity index (χ2v) is 5.48. The molecule has 1 saturated heterocycles. The molecule has 1 fully saturated rings. The minimum absolute atomic E-state index is 0.0416. The summed E-state index contributed by atoms with van der Waals surface area (Å²) in [6, 6.07) is 6.22. The van der Waals surface area contributed by atoms with Crippen LogP contribution < -0.4 is 5.73 Å². The average Bonchev–Trinajstić information content (AvgIpc) is 2.39. The van der Waals surface area contributed by atoms with Gasteiger partial charge in [-0.15, -0.1) is 0 Å². The van der Waals surface area contributed by atoms with Crippen molar-refractivity contribution < 1.29 is 14.6 Å². The van der Waals surface area contributed by atoms with Crippen LogP contribution in [-0.4, -0.2) is 47.3 Å². The molecule has 20 heavy (non-hydrogen) atoms. The number of aromatic hydroxyl groups is 1. The van der Waals surface area contributed by atoms with Gasteiger partial charge < -0.3 is 20.5 Å². The van der Waals surface area contributed by atoms with Crippen LogP contribution in [0.4, 0.5) is 0 Å². The van der Waals surface area contributed by atoms with Crippen LogP contribution in [0.5, 0.6) is 5.75 Å². The van der Waals surface area contributed by atoms with E-state index in [2.05, 4.69) is 0 Å². The van der Waals surface area contributed by atoms with Crippen LogP contribution in [0.3, 0.4) is 0 Å². The minimum Gasteiger partial charge on any atom is -0.508 e. The third kappa shape index (κ3) is 3.71. The summed E-state index contributed by atoms with van der Waals surface area (Å²) in [5.41, 5.74) is 6.96. The number of amides is 1. The molecular weight excluding hydrogens is 256 g/mol. The number of carbonyl (C=O) groups excluding carboxylic acids is 1. The molecule has 1 heterocycles. The van der Waals surface area contributed by atoms with Gasteiger partial charge in [0, 0.05) is 13.1 Å². The predicted octanol–water partition coefficient (Wildman–Crippen LogP) is 0.898. The van der Waals surface area contributed by atoms with Gasteiger partial charge in [0.25, 0.3) is 0 Å². The lowest BCUT2D eigenvalue weighted by Crippen LogP contribution is -2.53. The second kappa shape index (κ2) is 6.24. The van der Waals surface area contributed by atoms with E-state index in [-0.39, 0.29) is 23.9 Å². The van der Waals surface area contributed by atoms with Gasteiger partial charge in [-0.3, -0.25) is 4.79 Å². The molecule has 3 atom stereocenters. The fourth-order valence-electron chi connectivity index (χ4n) is 2.57. The van der Waals surface area contributed by atoms with Gasteiger partial charge in [0.2, 0.25) is 5.91 Å². The van der Waals surface area contributed by atoms with Crippen molar-refractivity contribution >= 4 is 5.91 Å². The molecule has 0 aromatic heterocycles. The number of hydrogen-bond donors (Lipinski definition) is 2. The van der Waals surface area contributed by atoms with Crippen molar-refractivity contribution in [3.05, 3.63) is 29.8 Å². The number of nitrogens with two attached hydrogens (primary N) is 1. The molecule has 5 heteroatoms. The summed E-state index contributed by atoms with van der Waals surface area (Å²) < 4.78 is 5.62. The zero-order valence-corrected chi connectivity index (χ0v) is 12.0. The van der Waals surface area contributed by atoms with Gasteiger partial charge in [0.15, 0.2) is 0 Å². The number of benzene rings is 1. The number of hydrogen-bond acceptors (Lipinski definition) is 4. The van der Waals surface area contributed by atoms with Gasteiger partial charge >= 0.3 is 0 Å². The maximum Gasteiger partial charge on any atom is 0.240 e. The summed E-state index contributed by atoms with van der Waals surface area (Å²) in [5.74, 6) is 0.171. The van der Waals surface area contributed by atoms with Gasteiger partial charge in [-0.1, -0.05) is 12.1 Å². The molecule has 110 valence electrons. The summed E-state index contributed by atoms with van der Waals surface area (Å²) in [4.78, 5) is 14.1. The Bertz CT molecular complexity index is 451. The summed E-state index contributed by atoms with van der Waals surface area (Å²) in [7, 11) is 0. The highest BCUT2D eigenvalue weighted by atomic mass is 16.5. The van der Waals surface area contributed by atoms with E-state index in [0.29, 0.717) is 19.5 Å². The Morgan fingerprint density at radius 1 is 1.35 bits per heavy atom. The monoisotopic (exact) mass is 278 g/mol. The number of morpholine rings is 1. The molecule has 1 aromatic rings. The van der Waals surface area contributed by atoms with Crippen molar-refractivity contribution in [3.63, 3.8) is 0 Å². The average molecular weight is 278 g/mol. The SMILES string of the molecule is CC1CN(C(=O)C(N)Cc2ccc(O)cc2)CC(C)O1. The van der Waals surface area contributed by atoms with Crippen LogP contribution in [0.1, 0.15) is 19.4 Å². The van der Waals surface area contributed by atoms with Crippen LogP contribution in [-0.2, 0) is 16.0 Å². The summed E-state index contributed by atoms with van der Waals surface area (Å²) in [6.07, 6.45) is 0.561. The minimum atomic E-state index is -0.558. The van der Waals surface area contributed by atoms with E-state index >= 15 is 0 Å². The Labute approximate surface area is 119 Å². The quantitative estimate of drug-likeness (QED) is 0.861. The molecular formula is C15H22N2O3. The van der Waals surface area contributed by atoms with Crippen molar-refractivity contribution in [1.29, 1.82) is 0 Å². The van der Waals surface area contributed by atoms with E-state index in [0.717, 1.165) is 5.56 Å². The van der Waals surface area contributed by atoms with E-state index in [1.54, 1.807) is 29.2 Å². The van der Waals surface area contributed by atoms with E-state index in [1.165, 1.54) is 0 Å². The molecule has 3 unspecified atom stereocenters. The Morgan fingerprint density at radius 2 is 1.90 bits per heavy atom. The van der Waals surface area contributed by atoms with Crippen molar-refractivity contribution in [2.45, 2.75) is 38.5 Å². The lowest BCUT2D eigenvalue weighted by Gasteiger charge is -2.36. The molecule has 5 nitrogen and oxygen atoms in total. The van der Waals surface area contributed by atoms with Crippen molar-refractivity contribution in [2.24, 2.45) is 5.73 Å². The zero-order valence-electron chi connectivity index (χ0n) is 12.0. The number of ether oxygens (including phenoxy) is 1. The Balaban J connectivity index is 1.96. The first-order valence-corrected chi connectivity index (χ1v) is 6.93. The second-order valence-electron chi connectivity index (χ2n) is 5.48. The molecule has 0 radical (unpaired) electrons. The lowest BCUT2D eigenvalue weighted by atomic mass is 10.0. The smallest absolute Gasteiger partial charge is 0.240 e. The molecule has 2 rings (SSSR count). The number of nitrogens with zero attached hydrogens (tertiary/aromatic N) is 1. The highest BCUT2D eigenvalue weighted by Gasteiger charge is 2.28. The molecule has 1 amide bonds. The molecule has 0 spiro atoms. The van der Waals surface area contributed by atoms with E-state index in [9.17, 15) is 9.90 Å². The fraction of sp³-hybridized carbons (Fsp3) is 0.533. The van der Waals surface area contributed by atoms with E-state index < -0.39 is 6.04 Å². The topological polar surface area (TPSA) is 75.8 Å². The number of phenols is 1. The number of phenolic OH excluding ortho intramolecular Hbond substituents is 1. The first-order chi connectivity index (χ1) is 9.45. The van der Waals surface area contributed by atoms with Gasteiger partial charge in [0.05, 0.1) is 18.2 Å². The summed E-state index contributed by atoms with van der Waals surface area (Å²) in [5, 5.41) is 9.24. The Morgan fingerprint density at radius 3 is 2.45 bits per heavy atom. The summed E-state index contributed by atoms with van der Waals surface area (Å²) >= 11 is 0. The Kier molecular flexibility index (Phi) is 4.62. The number of carbonyl (C=O) groups is 1. The molecule has 0 bridgehead atoms. The highest BCUT2D eigenvalue weighted by Crippen LogP contribution is 2.14. The molecule has 0 aliphatic carbocycles. The highest BCUT2D eigenvalue weighted by molar-refractivity contribution is 5.82. The van der Waals surface area contributed by atoms with Crippen molar-refractivity contribution in [3.8, 4) is 5.75 Å². The first-order valence-electron chi connectivity index (χ1n) is 6.93. The van der Waals surface area contributed by atoms with Gasteiger partial charge in [0.1, 0.15) is 5.75 Å². The number of rotatable bonds is 3. The fourth-order valence-corrected chi connectivity index (χ4v) is 2.57. The lowest BCUT2D eigenvalue weighted by molar-refractivity contribution is -0.144. The van der Waals surface area contributed by atoms with Crippen molar-refractivity contribution in [1.82, 2.24) is 4.90 Å². The third-order valence-electron chi connectivity index (χ3n) is 3.44. The van der Waals surface area contributed by atoms with Crippen LogP contribution in [0.25, 0.3) is 0 Å². The molecule has 3 N–H and O–H groups in total. The first kappa shape index (κ1) is 14.8. The maximum absolute atomic E-state index is 12.4.